The summed E-state index contributed by atoms with van der Waals surface area (Å²) in [6.45, 7) is 2.01. The number of hydrogen-bond acceptors (Lipinski definition) is 4. The monoisotopic (exact) mass is 259 g/mol. The van der Waals surface area contributed by atoms with E-state index in [1.54, 1.807) is 6.92 Å². The molecule has 0 spiro atoms. The van der Waals surface area contributed by atoms with Crippen LogP contribution in [-0.4, -0.2) is 27.5 Å². The van der Waals surface area contributed by atoms with Gasteiger partial charge in [0.15, 0.2) is 5.15 Å². The molecule has 0 amide bonds. The first kappa shape index (κ1) is 11.2. The normalized spacial score (nSPS) is 10.7. The van der Waals surface area contributed by atoms with Crippen molar-refractivity contribution in [2.75, 3.05) is 6.61 Å². The van der Waals surface area contributed by atoms with Crippen molar-refractivity contribution in [3.05, 3.63) is 22.2 Å². The number of carbonyl (C=O) groups excluding carboxylic acids is 1. The molecule has 0 radical (unpaired) electrons. The highest BCUT2D eigenvalue weighted by atomic mass is 35.5. The Labute approximate surface area is 101 Å². The molecule has 0 aliphatic heterocycles. The Hall–Kier alpha value is -1.33. The molecule has 0 unspecified atom stereocenters. The standard InChI is InChI=1S/C9H7Cl2N3O2/c1-2-16-8(15)4-3-12-6-5(4)13-9(11)14-7(6)10/h3,12H,2H2,1H3. The van der Waals surface area contributed by atoms with Gasteiger partial charge >= 0.3 is 5.97 Å². The van der Waals surface area contributed by atoms with Crippen molar-refractivity contribution in [1.29, 1.82) is 0 Å². The van der Waals surface area contributed by atoms with Gasteiger partial charge in [0, 0.05) is 6.20 Å². The average Bonchev–Trinajstić information content (AvgIpc) is 2.61. The lowest BCUT2D eigenvalue weighted by Crippen LogP contribution is -2.04. The van der Waals surface area contributed by atoms with E-state index >= 15 is 0 Å². The highest BCUT2D eigenvalue weighted by molar-refractivity contribution is 6.35. The average molecular weight is 260 g/mol. The van der Waals surface area contributed by atoms with Crippen LogP contribution in [0.15, 0.2) is 6.20 Å². The van der Waals surface area contributed by atoms with Crippen molar-refractivity contribution in [3.8, 4) is 0 Å². The molecule has 2 aromatic rings. The highest BCUT2D eigenvalue weighted by Gasteiger charge is 2.17. The Morgan fingerprint density at radius 1 is 1.50 bits per heavy atom. The maximum atomic E-state index is 11.6. The molecule has 7 heteroatoms. The Balaban J connectivity index is 2.60. The van der Waals surface area contributed by atoms with Crippen LogP contribution < -0.4 is 0 Å². The number of nitrogens with zero attached hydrogens (tertiary/aromatic N) is 2. The number of carbonyl (C=O) groups is 1. The van der Waals surface area contributed by atoms with Crippen LogP contribution >= 0.6 is 23.2 Å². The number of aromatic amines is 1. The fraction of sp³-hybridized carbons (Fsp3) is 0.222. The van der Waals surface area contributed by atoms with E-state index in [0.717, 1.165) is 0 Å². The smallest absolute Gasteiger partial charge is 0.341 e. The van der Waals surface area contributed by atoms with E-state index in [2.05, 4.69) is 15.0 Å². The molecule has 0 aliphatic rings. The Bertz CT molecular complexity index is 553. The quantitative estimate of drug-likeness (QED) is 0.511. The van der Waals surface area contributed by atoms with Gasteiger partial charge < -0.3 is 9.72 Å². The van der Waals surface area contributed by atoms with Gasteiger partial charge in [0.2, 0.25) is 5.28 Å². The summed E-state index contributed by atoms with van der Waals surface area (Å²) >= 11 is 11.5. The number of aromatic nitrogens is 3. The number of nitrogens with one attached hydrogen (secondary N) is 1. The van der Waals surface area contributed by atoms with E-state index in [4.69, 9.17) is 27.9 Å². The number of H-pyrrole nitrogens is 1. The molecule has 2 heterocycles. The molecular weight excluding hydrogens is 253 g/mol. The summed E-state index contributed by atoms with van der Waals surface area (Å²) in [4.78, 5) is 22.1. The Morgan fingerprint density at radius 2 is 2.25 bits per heavy atom. The fourth-order valence-electron chi connectivity index (χ4n) is 1.31. The Kier molecular flexibility index (Phi) is 2.98. The van der Waals surface area contributed by atoms with Gasteiger partial charge in [-0.15, -0.1) is 0 Å². The second kappa shape index (κ2) is 4.27. The molecule has 0 fully saturated rings. The molecule has 0 saturated heterocycles. The third-order valence-electron chi connectivity index (χ3n) is 1.95. The fourth-order valence-corrected chi connectivity index (χ4v) is 1.74. The molecular formula is C9H7Cl2N3O2. The summed E-state index contributed by atoms with van der Waals surface area (Å²) in [5, 5.41) is 0.160. The van der Waals surface area contributed by atoms with Gasteiger partial charge in [-0.05, 0) is 18.5 Å². The largest absolute Gasteiger partial charge is 0.462 e. The molecule has 2 rings (SSSR count). The number of hydrogen-bond donors (Lipinski definition) is 1. The number of esters is 1. The predicted octanol–water partition coefficient (Wildman–Crippen LogP) is 2.44. The van der Waals surface area contributed by atoms with Crippen LogP contribution in [0.5, 0.6) is 0 Å². The number of rotatable bonds is 2. The van der Waals surface area contributed by atoms with Crippen molar-refractivity contribution in [2.24, 2.45) is 0 Å². The minimum atomic E-state index is -0.473. The first-order valence-corrected chi connectivity index (χ1v) is 5.26. The van der Waals surface area contributed by atoms with Crippen LogP contribution in [-0.2, 0) is 4.74 Å². The highest BCUT2D eigenvalue weighted by Crippen LogP contribution is 2.24. The minimum absolute atomic E-state index is 0.0114. The van der Waals surface area contributed by atoms with Crippen molar-refractivity contribution in [1.82, 2.24) is 15.0 Å². The van der Waals surface area contributed by atoms with Crippen molar-refractivity contribution >= 4 is 40.2 Å². The maximum absolute atomic E-state index is 11.6. The summed E-state index contributed by atoms with van der Waals surface area (Å²) in [5.41, 5.74) is 1.13. The van der Waals surface area contributed by atoms with Crippen molar-refractivity contribution in [2.45, 2.75) is 6.92 Å². The molecule has 84 valence electrons. The van der Waals surface area contributed by atoms with Gasteiger partial charge in [-0.2, -0.15) is 0 Å². The van der Waals surface area contributed by atoms with E-state index in [0.29, 0.717) is 16.6 Å². The molecule has 0 saturated carbocycles. The lowest BCUT2D eigenvalue weighted by Gasteiger charge is -1.99. The zero-order valence-electron chi connectivity index (χ0n) is 8.25. The summed E-state index contributed by atoms with van der Waals surface area (Å²) in [5.74, 6) is -0.473. The third-order valence-corrected chi connectivity index (χ3v) is 2.39. The van der Waals surface area contributed by atoms with E-state index in [1.165, 1.54) is 6.20 Å². The van der Waals surface area contributed by atoms with Crippen LogP contribution in [0.25, 0.3) is 11.0 Å². The lowest BCUT2D eigenvalue weighted by atomic mass is 10.3. The van der Waals surface area contributed by atoms with Crippen molar-refractivity contribution in [3.63, 3.8) is 0 Å². The van der Waals surface area contributed by atoms with Gasteiger partial charge in [-0.25, -0.2) is 14.8 Å². The summed E-state index contributed by atoms with van der Waals surface area (Å²) in [6, 6.07) is 0. The third kappa shape index (κ3) is 1.83. The number of fused-ring (bicyclic) bond motifs is 1. The van der Waals surface area contributed by atoms with E-state index in [-0.39, 0.29) is 17.0 Å². The minimum Gasteiger partial charge on any atom is -0.462 e. The van der Waals surface area contributed by atoms with Gasteiger partial charge in [0.1, 0.15) is 16.6 Å². The molecule has 0 bridgehead atoms. The number of ether oxygens (including phenoxy) is 1. The van der Waals surface area contributed by atoms with Gasteiger partial charge in [0.05, 0.1) is 6.61 Å². The number of halogens is 2. The van der Waals surface area contributed by atoms with E-state index in [9.17, 15) is 4.79 Å². The van der Waals surface area contributed by atoms with Crippen molar-refractivity contribution < 1.29 is 9.53 Å². The van der Waals surface area contributed by atoms with Crippen LogP contribution in [0, 0.1) is 0 Å². The lowest BCUT2D eigenvalue weighted by molar-refractivity contribution is 0.0528. The zero-order chi connectivity index (χ0) is 11.7. The summed E-state index contributed by atoms with van der Waals surface area (Å²) in [6.07, 6.45) is 1.47. The predicted molar refractivity (Wildman–Crippen MR) is 59.9 cm³/mol. The second-order valence-corrected chi connectivity index (χ2v) is 3.63. The molecule has 0 aliphatic carbocycles. The van der Waals surface area contributed by atoms with Gasteiger partial charge in [-0.3, -0.25) is 0 Å². The second-order valence-electron chi connectivity index (χ2n) is 2.93. The van der Waals surface area contributed by atoms with Gasteiger partial charge in [-0.1, -0.05) is 11.6 Å². The molecule has 0 aromatic carbocycles. The van der Waals surface area contributed by atoms with Crippen LogP contribution in [0.4, 0.5) is 0 Å². The van der Waals surface area contributed by atoms with Crippen LogP contribution in [0.1, 0.15) is 17.3 Å². The zero-order valence-corrected chi connectivity index (χ0v) is 9.76. The maximum Gasteiger partial charge on any atom is 0.341 e. The van der Waals surface area contributed by atoms with Crippen LogP contribution in [0.3, 0.4) is 0 Å². The molecule has 16 heavy (non-hydrogen) atoms. The first-order chi connectivity index (χ1) is 7.63. The molecule has 1 N–H and O–H groups in total. The molecule has 2 aromatic heterocycles. The topological polar surface area (TPSA) is 67.9 Å². The SMILES string of the molecule is CCOC(=O)c1c[nH]c2c(Cl)nc(Cl)nc12. The van der Waals surface area contributed by atoms with E-state index in [1.807, 2.05) is 0 Å². The van der Waals surface area contributed by atoms with Gasteiger partial charge in [0.25, 0.3) is 0 Å². The summed E-state index contributed by atoms with van der Waals surface area (Å²) in [7, 11) is 0. The van der Waals surface area contributed by atoms with E-state index < -0.39 is 5.97 Å². The first-order valence-electron chi connectivity index (χ1n) is 4.50. The molecule has 0 atom stereocenters. The Morgan fingerprint density at radius 3 is 2.94 bits per heavy atom. The molecule has 5 nitrogen and oxygen atoms in total. The van der Waals surface area contributed by atoms with Crippen LogP contribution in [0.2, 0.25) is 10.4 Å². The summed E-state index contributed by atoms with van der Waals surface area (Å²) < 4.78 is 4.87.